The third kappa shape index (κ3) is 1.37. The summed E-state index contributed by atoms with van der Waals surface area (Å²) < 4.78 is 43.3. The fraction of sp³-hybridized carbons (Fsp3) is 0. The molecule has 14 heavy (non-hydrogen) atoms. The predicted octanol–water partition coefficient (Wildman–Crippen LogP) is 2.56. The van der Waals surface area contributed by atoms with E-state index in [1.807, 2.05) is 0 Å². The van der Waals surface area contributed by atoms with E-state index in [0.29, 0.717) is 12.1 Å². The lowest BCUT2D eigenvalue weighted by atomic mass is 10.2. The number of nitrogens with zero attached hydrogens (tertiary/aromatic N) is 1. The second-order valence-electron chi connectivity index (χ2n) is 2.53. The van der Waals surface area contributed by atoms with E-state index in [-0.39, 0.29) is 5.89 Å². The van der Waals surface area contributed by atoms with Crippen molar-refractivity contribution in [2.45, 2.75) is 0 Å². The molecule has 1 aromatic carbocycles. The summed E-state index contributed by atoms with van der Waals surface area (Å²) in [6.07, 6.45) is 3.31. The number of hydrogen-bond donors (Lipinski definition) is 0. The van der Waals surface area contributed by atoms with Crippen molar-refractivity contribution >= 4 is 0 Å². The van der Waals surface area contributed by atoms with Gasteiger partial charge in [-0.05, 0) is 0 Å². The van der Waals surface area contributed by atoms with Gasteiger partial charge in [-0.15, -0.1) is 0 Å². The van der Waals surface area contributed by atoms with Gasteiger partial charge < -0.3 is 4.42 Å². The molecular weight excluding hydrogens is 195 g/mol. The molecule has 0 saturated carbocycles. The zero-order chi connectivity index (χ0) is 10.1. The average molecular weight is 198 g/mol. The van der Waals surface area contributed by atoms with E-state index in [0.717, 1.165) is 6.26 Å². The number of rotatable bonds is 1. The standard InChI is InChI=1S/C9H3F3NO/c10-5-3-6(11)8(7(12)4-5)9-13-1-2-14-9/h2-4H. The molecule has 1 aromatic heterocycles. The van der Waals surface area contributed by atoms with Crippen molar-refractivity contribution < 1.29 is 17.6 Å². The summed E-state index contributed by atoms with van der Waals surface area (Å²) in [7, 11) is 0. The van der Waals surface area contributed by atoms with Gasteiger partial charge in [0, 0.05) is 12.1 Å². The highest BCUT2D eigenvalue weighted by atomic mass is 19.1. The van der Waals surface area contributed by atoms with Gasteiger partial charge in [0.2, 0.25) is 5.89 Å². The Balaban J connectivity index is 2.64. The molecule has 0 saturated heterocycles. The maximum absolute atomic E-state index is 13.1. The molecular formula is C9H3F3NO. The van der Waals surface area contributed by atoms with Crippen LogP contribution >= 0.6 is 0 Å². The Labute approximate surface area is 77.0 Å². The summed E-state index contributed by atoms with van der Waals surface area (Å²) in [4.78, 5) is 3.44. The molecule has 0 aliphatic heterocycles. The van der Waals surface area contributed by atoms with Crippen LogP contribution in [0.2, 0.25) is 0 Å². The van der Waals surface area contributed by atoms with Crippen LogP contribution in [-0.4, -0.2) is 4.98 Å². The molecule has 0 bridgehead atoms. The maximum atomic E-state index is 13.1. The van der Waals surface area contributed by atoms with Crippen LogP contribution < -0.4 is 0 Å². The van der Waals surface area contributed by atoms with Crippen molar-refractivity contribution in [2.24, 2.45) is 0 Å². The minimum absolute atomic E-state index is 0.264. The molecule has 0 atom stereocenters. The van der Waals surface area contributed by atoms with Crippen molar-refractivity contribution in [2.75, 3.05) is 0 Å². The second-order valence-corrected chi connectivity index (χ2v) is 2.53. The summed E-state index contributed by atoms with van der Waals surface area (Å²) in [5.41, 5.74) is -0.493. The molecule has 2 aromatic rings. The highest BCUT2D eigenvalue weighted by Crippen LogP contribution is 2.24. The molecule has 1 heterocycles. The van der Waals surface area contributed by atoms with Gasteiger partial charge >= 0.3 is 0 Å². The predicted molar refractivity (Wildman–Crippen MR) is 40.6 cm³/mol. The van der Waals surface area contributed by atoms with Crippen LogP contribution in [0.1, 0.15) is 0 Å². The molecule has 0 fully saturated rings. The van der Waals surface area contributed by atoms with Crippen molar-refractivity contribution in [3.05, 3.63) is 42.0 Å². The maximum Gasteiger partial charge on any atom is 0.232 e. The lowest BCUT2D eigenvalue weighted by molar-refractivity contribution is 0.524. The van der Waals surface area contributed by atoms with Crippen LogP contribution in [0.25, 0.3) is 11.5 Å². The zero-order valence-electron chi connectivity index (χ0n) is 6.72. The lowest BCUT2D eigenvalue weighted by Gasteiger charge is -1.99. The van der Waals surface area contributed by atoms with Crippen molar-refractivity contribution in [3.63, 3.8) is 0 Å². The summed E-state index contributed by atoms with van der Waals surface area (Å²) in [6.45, 7) is 0. The topological polar surface area (TPSA) is 26.0 Å². The first-order valence-electron chi connectivity index (χ1n) is 3.65. The van der Waals surface area contributed by atoms with Gasteiger partial charge in [0.15, 0.2) is 0 Å². The third-order valence-corrected chi connectivity index (χ3v) is 1.61. The molecule has 0 amide bonds. The Morgan fingerprint density at radius 2 is 1.79 bits per heavy atom. The molecule has 0 spiro atoms. The smallest absolute Gasteiger partial charge is 0.232 e. The molecule has 0 aliphatic rings. The monoisotopic (exact) mass is 198 g/mol. The lowest BCUT2D eigenvalue weighted by Crippen LogP contribution is -1.92. The summed E-state index contributed by atoms with van der Waals surface area (Å²) >= 11 is 0. The Bertz CT molecular complexity index is 430. The molecule has 2 rings (SSSR count). The molecule has 2 nitrogen and oxygen atoms in total. The number of oxazole rings is 1. The van der Waals surface area contributed by atoms with Gasteiger partial charge in [0.1, 0.15) is 35.5 Å². The van der Waals surface area contributed by atoms with E-state index in [1.165, 1.54) is 0 Å². The number of aromatic nitrogens is 1. The van der Waals surface area contributed by atoms with Crippen LogP contribution in [-0.2, 0) is 0 Å². The largest absolute Gasteiger partial charge is 0.444 e. The van der Waals surface area contributed by atoms with Gasteiger partial charge in [-0.25, -0.2) is 18.2 Å². The normalized spacial score (nSPS) is 10.5. The van der Waals surface area contributed by atoms with Crippen molar-refractivity contribution in [3.8, 4) is 11.5 Å². The van der Waals surface area contributed by atoms with E-state index in [2.05, 4.69) is 15.6 Å². The van der Waals surface area contributed by atoms with Crippen LogP contribution in [0, 0.1) is 23.6 Å². The minimum Gasteiger partial charge on any atom is -0.444 e. The number of hydrogen-bond acceptors (Lipinski definition) is 2. The first-order chi connectivity index (χ1) is 6.68. The van der Waals surface area contributed by atoms with E-state index in [1.54, 1.807) is 0 Å². The Morgan fingerprint density at radius 1 is 1.14 bits per heavy atom. The fourth-order valence-corrected chi connectivity index (χ4v) is 1.05. The van der Waals surface area contributed by atoms with E-state index in [9.17, 15) is 13.2 Å². The van der Waals surface area contributed by atoms with E-state index >= 15 is 0 Å². The average Bonchev–Trinajstić information content (AvgIpc) is 2.54. The van der Waals surface area contributed by atoms with Gasteiger partial charge in [-0.2, -0.15) is 0 Å². The van der Waals surface area contributed by atoms with Crippen LogP contribution in [0.5, 0.6) is 0 Å². The van der Waals surface area contributed by atoms with Gasteiger partial charge in [0.05, 0.1) is 0 Å². The highest BCUT2D eigenvalue weighted by molar-refractivity contribution is 5.54. The van der Waals surface area contributed by atoms with Gasteiger partial charge in [-0.3, -0.25) is 0 Å². The quantitative estimate of drug-likeness (QED) is 0.703. The first kappa shape index (κ1) is 8.80. The van der Waals surface area contributed by atoms with Crippen molar-refractivity contribution in [1.82, 2.24) is 4.98 Å². The minimum atomic E-state index is -1.06. The summed E-state index contributed by atoms with van der Waals surface area (Å²) in [6, 6.07) is 1.12. The fourth-order valence-electron chi connectivity index (χ4n) is 1.05. The molecule has 71 valence electrons. The molecule has 5 heteroatoms. The Kier molecular flexibility index (Phi) is 1.99. The molecule has 1 radical (unpaired) electrons. The van der Waals surface area contributed by atoms with Crippen molar-refractivity contribution in [1.29, 1.82) is 0 Å². The van der Waals surface area contributed by atoms with Gasteiger partial charge in [-0.1, -0.05) is 0 Å². The third-order valence-electron chi connectivity index (χ3n) is 1.61. The number of halogens is 3. The number of benzene rings is 1. The van der Waals surface area contributed by atoms with Crippen LogP contribution in [0.3, 0.4) is 0 Å². The summed E-state index contributed by atoms with van der Waals surface area (Å²) in [5, 5.41) is 0. The van der Waals surface area contributed by atoms with Crippen LogP contribution in [0.15, 0.2) is 22.8 Å². The highest BCUT2D eigenvalue weighted by Gasteiger charge is 2.16. The Hall–Kier alpha value is -1.78. The summed E-state index contributed by atoms with van der Waals surface area (Å²) in [5.74, 6) is -3.36. The van der Waals surface area contributed by atoms with E-state index < -0.39 is 23.0 Å². The van der Waals surface area contributed by atoms with E-state index in [4.69, 9.17) is 0 Å². The SMILES string of the molecule is Fc1cc(F)c(-c2n[c]co2)c(F)c1. The van der Waals surface area contributed by atoms with Crippen LogP contribution in [0.4, 0.5) is 13.2 Å². The molecule has 0 N–H and O–H groups in total. The zero-order valence-corrected chi connectivity index (χ0v) is 6.72. The molecule has 0 unspecified atom stereocenters. The molecule has 0 aliphatic carbocycles. The van der Waals surface area contributed by atoms with Gasteiger partial charge in [0.25, 0.3) is 0 Å². The second kappa shape index (κ2) is 3.17. The first-order valence-corrected chi connectivity index (χ1v) is 3.65. The Morgan fingerprint density at radius 3 is 2.29 bits per heavy atom.